The molecule has 0 amide bonds. The highest BCUT2D eigenvalue weighted by Gasteiger charge is 2.00. The Kier molecular flexibility index (Phi) is 4.20. The molecule has 0 radical (unpaired) electrons. The fourth-order valence-electron chi connectivity index (χ4n) is 0.879. The van der Waals surface area contributed by atoms with Gasteiger partial charge in [-0.25, -0.2) is 0 Å². The molecule has 0 fully saturated rings. The van der Waals surface area contributed by atoms with Gasteiger partial charge in [-0.2, -0.15) is 0 Å². The Hall–Kier alpha value is -0.590. The summed E-state index contributed by atoms with van der Waals surface area (Å²) in [5.41, 5.74) is 1.09. The molecular weight excluding hydrogens is 248 g/mol. The summed E-state index contributed by atoms with van der Waals surface area (Å²) in [6.45, 7) is 1.97. The Morgan fingerprint density at radius 1 is 1.69 bits per heavy atom. The molecule has 1 nitrogen and oxygen atoms in total. The molecule has 0 aromatic carbocycles. The van der Waals surface area contributed by atoms with E-state index >= 15 is 0 Å². The smallest absolute Gasteiger partial charge is 0.160 e. The molecule has 0 atom stereocenters. The van der Waals surface area contributed by atoms with Gasteiger partial charge in [-0.1, -0.05) is 27.8 Å². The number of hydrogen-bond donors (Lipinski definition) is 0. The molecule has 1 aromatic rings. The molecule has 0 saturated carbocycles. The lowest BCUT2D eigenvalue weighted by atomic mass is 10.2. The third kappa shape index (κ3) is 2.98. The van der Waals surface area contributed by atoms with Crippen LogP contribution in [0.15, 0.2) is 6.07 Å². The highest BCUT2D eigenvalue weighted by Crippen LogP contribution is 2.18. The van der Waals surface area contributed by atoms with Crippen molar-refractivity contribution in [3.63, 3.8) is 0 Å². The number of thiophene rings is 1. The van der Waals surface area contributed by atoms with Gasteiger partial charge in [-0.15, -0.1) is 11.3 Å². The maximum Gasteiger partial charge on any atom is 0.160 e. The van der Waals surface area contributed by atoms with Gasteiger partial charge >= 0.3 is 0 Å². The zero-order valence-electron chi connectivity index (χ0n) is 7.26. The minimum atomic E-state index is 0.751. The van der Waals surface area contributed by atoms with Crippen molar-refractivity contribution in [2.75, 3.05) is 5.33 Å². The SMILES string of the molecule is Cc1cc(C=O)sc1C#CCCBr. The average Bonchev–Trinajstić information content (AvgIpc) is 2.48. The molecule has 0 aliphatic rings. The number of carbonyl (C=O) groups is 1. The second kappa shape index (κ2) is 5.21. The first-order chi connectivity index (χ1) is 6.27. The van der Waals surface area contributed by atoms with Crippen LogP contribution in [0.3, 0.4) is 0 Å². The maximum absolute atomic E-state index is 10.5. The van der Waals surface area contributed by atoms with E-state index in [0.29, 0.717) is 0 Å². The van der Waals surface area contributed by atoms with Crippen LogP contribution in [0, 0.1) is 18.8 Å². The van der Waals surface area contributed by atoms with Gasteiger partial charge in [0.15, 0.2) is 6.29 Å². The summed E-state index contributed by atoms with van der Waals surface area (Å²) >= 11 is 4.76. The molecule has 1 rings (SSSR count). The van der Waals surface area contributed by atoms with Crippen molar-refractivity contribution in [2.24, 2.45) is 0 Å². The average molecular weight is 257 g/mol. The molecule has 0 unspecified atom stereocenters. The number of rotatable bonds is 2. The first kappa shape index (κ1) is 10.5. The summed E-state index contributed by atoms with van der Waals surface area (Å²) in [7, 11) is 0. The highest BCUT2D eigenvalue weighted by atomic mass is 79.9. The molecular formula is C10H9BrOS. The summed E-state index contributed by atoms with van der Waals surface area (Å²) in [6.07, 6.45) is 1.71. The normalized spacial score (nSPS) is 9.08. The minimum Gasteiger partial charge on any atom is -0.297 e. The van der Waals surface area contributed by atoms with E-state index in [1.165, 1.54) is 11.3 Å². The van der Waals surface area contributed by atoms with Crippen LogP contribution in [0.4, 0.5) is 0 Å². The van der Waals surface area contributed by atoms with E-state index in [1.54, 1.807) is 0 Å². The van der Waals surface area contributed by atoms with Gasteiger partial charge in [0.1, 0.15) is 0 Å². The van der Waals surface area contributed by atoms with Gasteiger partial charge < -0.3 is 0 Å². The van der Waals surface area contributed by atoms with Gasteiger partial charge in [0.2, 0.25) is 0 Å². The fraction of sp³-hybridized carbons (Fsp3) is 0.300. The summed E-state index contributed by atoms with van der Waals surface area (Å²) in [5, 5.41) is 0.894. The lowest BCUT2D eigenvalue weighted by molar-refractivity contribution is 0.112. The molecule has 0 N–H and O–H groups in total. The molecule has 0 aliphatic heterocycles. The molecule has 1 heterocycles. The minimum absolute atomic E-state index is 0.751. The lowest BCUT2D eigenvalue weighted by Gasteiger charge is -1.83. The number of aldehydes is 1. The summed E-state index contributed by atoms with van der Waals surface area (Å²) < 4.78 is 0. The largest absolute Gasteiger partial charge is 0.297 e. The summed E-state index contributed by atoms with van der Waals surface area (Å²) in [5.74, 6) is 6.08. The van der Waals surface area contributed by atoms with Crippen molar-refractivity contribution in [3.05, 3.63) is 21.4 Å². The van der Waals surface area contributed by atoms with Gasteiger partial charge in [-0.05, 0) is 18.6 Å². The first-order valence-corrected chi connectivity index (χ1v) is 5.82. The number of alkyl halides is 1. The van der Waals surface area contributed by atoms with Crippen molar-refractivity contribution < 1.29 is 4.79 Å². The van der Waals surface area contributed by atoms with Crippen molar-refractivity contribution in [3.8, 4) is 11.8 Å². The van der Waals surface area contributed by atoms with Gasteiger partial charge in [0.25, 0.3) is 0 Å². The van der Waals surface area contributed by atoms with E-state index in [2.05, 4.69) is 27.8 Å². The van der Waals surface area contributed by atoms with Crippen molar-refractivity contribution in [2.45, 2.75) is 13.3 Å². The standard InChI is InChI=1S/C10H9BrOS/c1-8-6-9(7-12)13-10(8)4-2-3-5-11/h6-7H,3,5H2,1H3. The third-order valence-electron chi connectivity index (χ3n) is 1.47. The highest BCUT2D eigenvalue weighted by molar-refractivity contribution is 9.09. The van der Waals surface area contributed by atoms with E-state index in [9.17, 15) is 4.79 Å². The number of aryl methyl sites for hydroxylation is 1. The van der Waals surface area contributed by atoms with Crippen LogP contribution in [-0.2, 0) is 0 Å². The van der Waals surface area contributed by atoms with E-state index in [0.717, 1.165) is 33.4 Å². The molecule has 0 spiro atoms. The Morgan fingerprint density at radius 3 is 3.00 bits per heavy atom. The molecule has 0 saturated heterocycles. The summed E-state index contributed by atoms with van der Waals surface area (Å²) in [4.78, 5) is 12.2. The molecule has 13 heavy (non-hydrogen) atoms. The van der Waals surface area contributed by atoms with Crippen LogP contribution in [0.1, 0.15) is 26.5 Å². The second-order valence-electron chi connectivity index (χ2n) is 2.52. The van der Waals surface area contributed by atoms with Crippen molar-refractivity contribution in [1.29, 1.82) is 0 Å². The molecule has 0 bridgehead atoms. The molecule has 68 valence electrons. The van der Waals surface area contributed by atoms with Crippen molar-refractivity contribution >= 4 is 33.6 Å². The predicted octanol–water partition coefficient (Wildman–Crippen LogP) is 3.01. The van der Waals surface area contributed by atoms with E-state index in [4.69, 9.17) is 0 Å². The van der Waals surface area contributed by atoms with Crippen LogP contribution in [-0.4, -0.2) is 11.6 Å². The van der Waals surface area contributed by atoms with E-state index < -0.39 is 0 Å². The Labute approximate surface area is 90.3 Å². The van der Waals surface area contributed by atoms with Crippen LogP contribution in [0.2, 0.25) is 0 Å². The first-order valence-electron chi connectivity index (χ1n) is 3.88. The molecule has 1 aromatic heterocycles. The zero-order chi connectivity index (χ0) is 9.68. The molecule has 3 heteroatoms. The number of carbonyl (C=O) groups excluding carboxylic acids is 1. The second-order valence-corrected chi connectivity index (χ2v) is 4.40. The van der Waals surface area contributed by atoms with E-state index in [-0.39, 0.29) is 0 Å². The van der Waals surface area contributed by atoms with Crippen molar-refractivity contribution in [1.82, 2.24) is 0 Å². The Balaban J connectivity index is 2.84. The van der Waals surface area contributed by atoms with Crippen LogP contribution in [0.25, 0.3) is 0 Å². The van der Waals surface area contributed by atoms with Crippen LogP contribution in [0.5, 0.6) is 0 Å². The fourth-order valence-corrected chi connectivity index (χ4v) is 1.94. The lowest BCUT2D eigenvalue weighted by Crippen LogP contribution is -1.71. The Bertz CT molecular complexity index is 357. The number of hydrogen-bond acceptors (Lipinski definition) is 2. The Morgan fingerprint density at radius 2 is 2.46 bits per heavy atom. The maximum atomic E-state index is 10.5. The monoisotopic (exact) mass is 256 g/mol. The van der Waals surface area contributed by atoms with Crippen LogP contribution < -0.4 is 0 Å². The third-order valence-corrected chi connectivity index (χ3v) is 2.95. The van der Waals surface area contributed by atoms with Crippen LogP contribution >= 0.6 is 27.3 Å². The molecule has 0 aliphatic carbocycles. The topological polar surface area (TPSA) is 17.1 Å². The summed E-state index contributed by atoms with van der Waals surface area (Å²) in [6, 6.07) is 1.87. The predicted molar refractivity (Wildman–Crippen MR) is 59.7 cm³/mol. The van der Waals surface area contributed by atoms with Gasteiger partial charge in [0, 0.05) is 11.8 Å². The quantitative estimate of drug-likeness (QED) is 0.452. The van der Waals surface area contributed by atoms with Gasteiger partial charge in [0.05, 0.1) is 9.75 Å². The number of halogens is 1. The van der Waals surface area contributed by atoms with Gasteiger partial charge in [-0.3, -0.25) is 4.79 Å². The zero-order valence-corrected chi connectivity index (χ0v) is 9.67. The van der Waals surface area contributed by atoms with E-state index in [1.807, 2.05) is 13.0 Å².